The summed E-state index contributed by atoms with van der Waals surface area (Å²) < 4.78 is 5.89. The molecule has 1 unspecified atom stereocenters. The zero-order valence-corrected chi connectivity index (χ0v) is 13.2. The number of aryl methyl sites for hydroxylation is 2. The van der Waals surface area contributed by atoms with Crippen LogP contribution in [0.5, 0.6) is 5.75 Å². The number of nitrogens with one attached hydrogen (secondary N) is 1. The van der Waals surface area contributed by atoms with Crippen molar-refractivity contribution >= 4 is 0 Å². The monoisotopic (exact) mass is 283 g/mol. The highest BCUT2D eigenvalue weighted by molar-refractivity contribution is 5.29. The fourth-order valence-electron chi connectivity index (χ4n) is 2.59. The van der Waals surface area contributed by atoms with Gasteiger partial charge in [-0.05, 0) is 49.2 Å². The molecule has 0 fully saturated rings. The van der Waals surface area contributed by atoms with Crippen LogP contribution >= 0.6 is 0 Å². The lowest BCUT2D eigenvalue weighted by molar-refractivity contribution is 0.287. The molecule has 2 heteroatoms. The maximum atomic E-state index is 5.89. The minimum Gasteiger partial charge on any atom is -0.494 e. The minimum absolute atomic E-state index is 0.348. The third-order valence-corrected chi connectivity index (χ3v) is 3.68. The first kappa shape index (κ1) is 15.6. The first-order chi connectivity index (χ1) is 10.2. The van der Waals surface area contributed by atoms with E-state index in [2.05, 4.69) is 62.5 Å². The molecule has 1 atom stereocenters. The molecule has 2 aromatic carbocycles. The Morgan fingerprint density at radius 2 is 1.86 bits per heavy atom. The summed E-state index contributed by atoms with van der Waals surface area (Å²) in [5.41, 5.74) is 3.93. The average molecular weight is 283 g/mol. The van der Waals surface area contributed by atoms with Gasteiger partial charge in [0.1, 0.15) is 5.75 Å². The zero-order chi connectivity index (χ0) is 15.1. The molecule has 0 heterocycles. The van der Waals surface area contributed by atoms with E-state index in [1.165, 1.54) is 16.7 Å². The lowest BCUT2D eigenvalue weighted by Gasteiger charge is -2.20. The Bertz CT molecular complexity index is 565. The third-order valence-electron chi connectivity index (χ3n) is 3.68. The highest BCUT2D eigenvalue weighted by Crippen LogP contribution is 2.21. The molecule has 0 aromatic heterocycles. The smallest absolute Gasteiger partial charge is 0.119 e. The van der Waals surface area contributed by atoms with Gasteiger partial charge in [-0.3, -0.25) is 0 Å². The van der Waals surface area contributed by atoms with Crippen molar-refractivity contribution in [3.8, 4) is 5.75 Å². The number of ether oxygens (including phenoxy) is 1. The Hall–Kier alpha value is -1.80. The molecule has 1 N–H and O–H groups in total. The van der Waals surface area contributed by atoms with Gasteiger partial charge in [-0.1, -0.05) is 43.3 Å². The van der Waals surface area contributed by atoms with Crippen molar-refractivity contribution in [3.63, 3.8) is 0 Å². The molecule has 0 amide bonds. The van der Waals surface area contributed by atoms with Gasteiger partial charge in [0.15, 0.2) is 0 Å². The zero-order valence-electron chi connectivity index (χ0n) is 13.2. The standard InChI is InChI=1S/C19H25NO/c1-4-20-19(18-11-6-5-9-16(18)3)12-13-21-17-10-7-8-15(2)14-17/h5-11,14,19-20H,4,12-13H2,1-3H3. The number of rotatable bonds is 7. The molecule has 0 spiro atoms. The van der Waals surface area contributed by atoms with E-state index in [0.29, 0.717) is 6.04 Å². The van der Waals surface area contributed by atoms with Gasteiger partial charge in [-0.15, -0.1) is 0 Å². The molecule has 0 radical (unpaired) electrons. The number of hydrogen-bond donors (Lipinski definition) is 1. The van der Waals surface area contributed by atoms with Crippen molar-refractivity contribution in [2.75, 3.05) is 13.2 Å². The molecule has 0 saturated carbocycles. The van der Waals surface area contributed by atoms with Gasteiger partial charge in [-0.25, -0.2) is 0 Å². The predicted molar refractivity (Wildman–Crippen MR) is 88.9 cm³/mol. The summed E-state index contributed by atoms with van der Waals surface area (Å²) in [4.78, 5) is 0. The predicted octanol–water partition coefficient (Wildman–Crippen LogP) is 4.42. The molecule has 2 rings (SSSR count). The normalized spacial score (nSPS) is 12.1. The first-order valence-corrected chi connectivity index (χ1v) is 7.69. The van der Waals surface area contributed by atoms with E-state index in [0.717, 1.165) is 25.3 Å². The summed E-state index contributed by atoms with van der Waals surface area (Å²) in [6.07, 6.45) is 0.965. The van der Waals surface area contributed by atoms with Crippen LogP contribution in [0, 0.1) is 13.8 Å². The Morgan fingerprint density at radius 1 is 1.05 bits per heavy atom. The van der Waals surface area contributed by atoms with E-state index in [1.54, 1.807) is 0 Å². The lowest BCUT2D eigenvalue weighted by atomic mass is 9.99. The second kappa shape index (κ2) is 7.84. The van der Waals surface area contributed by atoms with Crippen molar-refractivity contribution < 1.29 is 4.74 Å². The van der Waals surface area contributed by atoms with Crippen LogP contribution in [0.25, 0.3) is 0 Å². The quantitative estimate of drug-likeness (QED) is 0.812. The number of hydrogen-bond acceptors (Lipinski definition) is 2. The molecule has 112 valence electrons. The van der Waals surface area contributed by atoms with Crippen LogP contribution < -0.4 is 10.1 Å². The molecule has 0 bridgehead atoms. The summed E-state index contributed by atoms with van der Waals surface area (Å²) in [6.45, 7) is 8.08. The van der Waals surface area contributed by atoms with Crippen LogP contribution in [0.15, 0.2) is 48.5 Å². The van der Waals surface area contributed by atoms with Crippen molar-refractivity contribution in [1.82, 2.24) is 5.32 Å². The summed E-state index contributed by atoms with van der Waals surface area (Å²) >= 11 is 0. The highest BCUT2D eigenvalue weighted by Gasteiger charge is 2.12. The Balaban J connectivity index is 1.96. The molecular formula is C19H25NO. The minimum atomic E-state index is 0.348. The van der Waals surface area contributed by atoms with E-state index in [4.69, 9.17) is 4.74 Å². The number of benzene rings is 2. The Kier molecular flexibility index (Phi) is 5.82. The van der Waals surface area contributed by atoms with E-state index < -0.39 is 0 Å². The van der Waals surface area contributed by atoms with Crippen molar-refractivity contribution in [3.05, 3.63) is 65.2 Å². The average Bonchev–Trinajstić information content (AvgIpc) is 2.47. The van der Waals surface area contributed by atoms with Crippen LogP contribution in [0.2, 0.25) is 0 Å². The second-order valence-electron chi connectivity index (χ2n) is 5.42. The van der Waals surface area contributed by atoms with Crippen LogP contribution in [0.1, 0.15) is 36.1 Å². The van der Waals surface area contributed by atoms with Gasteiger partial charge in [0, 0.05) is 12.5 Å². The topological polar surface area (TPSA) is 21.3 Å². The molecule has 0 saturated heterocycles. The maximum Gasteiger partial charge on any atom is 0.119 e. The molecule has 2 aromatic rings. The Labute approximate surface area is 128 Å². The summed E-state index contributed by atoms with van der Waals surface area (Å²) in [7, 11) is 0. The van der Waals surface area contributed by atoms with Crippen LogP contribution in [0.3, 0.4) is 0 Å². The molecule has 21 heavy (non-hydrogen) atoms. The second-order valence-corrected chi connectivity index (χ2v) is 5.42. The van der Waals surface area contributed by atoms with Gasteiger partial charge in [0.2, 0.25) is 0 Å². The molecule has 2 nitrogen and oxygen atoms in total. The highest BCUT2D eigenvalue weighted by atomic mass is 16.5. The van der Waals surface area contributed by atoms with Crippen LogP contribution in [0.4, 0.5) is 0 Å². The third kappa shape index (κ3) is 4.61. The van der Waals surface area contributed by atoms with E-state index >= 15 is 0 Å². The van der Waals surface area contributed by atoms with Crippen LogP contribution in [-0.2, 0) is 0 Å². The first-order valence-electron chi connectivity index (χ1n) is 7.69. The van der Waals surface area contributed by atoms with Crippen molar-refractivity contribution in [1.29, 1.82) is 0 Å². The van der Waals surface area contributed by atoms with Gasteiger partial charge < -0.3 is 10.1 Å². The lowest BCUT2D eigenvalue weighted by Crippen LogP contribution is -2.23. The van der Waals surface area contributed by atoms with Crippen molar-refractivity contribution in [2.45, 2.75) is 33.2 Å². The fourth-order valence-corrected chi connectivity index (χ4v) is 2.59. The van der Waals surface area contributed by atoms with E-state index in [1.807, 2.05) is 12.1 Å². The van der Waals surface area contributed by atoms with Gasteiger partial charge in [0.25, 0.3) is 0 Å². The van der Waals surface area contributed by atoms with Crippen molar-refractivity contribution in [2.24, 2.45) is 0 Å². The molecule has 0 aliphatic carbocycles. The summed E-state index contributed by atoms with van der Waals surface area (Å²) in [5.74, 6) is 0.954. The SMILES string of the molecule is CCNC(CCOc1cccc(C)c1)c1ccccc1C. The Morgan fingerprint density at radius 3 is 2.57 bits per heavy atom. The maximum absolute atomic E-state index is 5.89. The summed E-state index contributed by atoms with van der Waals surface area (Å²) in [6, 6.07) is 17.1. The molecular weight excluding hydrogens is 258 g/mol. The fraction of sp³-hybridized carbons (Fsp3) is 0.368. The van der Waals surface area contributed by atoms with Gasteiger partial charge in [0.05, 0.1) is 6.61 Å². The van der Waals surface area contributed by atoms with Gasteiger partial charge in [-0.2, -0.15) is 0 Å². The molecule has 0 aliphatic rings. The largest absolute Gasteiger partial charge is 0.494 e. The molecule has 0 aliphatic heterocycles. The van der Waals surface area contributed by atoms with Gasteiger partial charge >= 0.3 is 0 Å². The summed E-state index contributed by atoms with van der Waals surface area (Å²) in [5, 5.41) is 3.56. The van der Waals surface area contributed by atoms with E-state index in [9.17, 15) is 0 Å². The van der Waals surface area contributed by atoms with E-state index in [-0.39, 0.29) is 0 Å². The van der Waals surface area contributed by atoms with Crippen LogP contribution in [-0.4, -0.2) is 13.2 Å².